The Morgan fingerprint density at radius 1 is 1.12 bits per heavy atom. The van der Waals surface area contributed by atoms with Gasteiger partial charge in [-0.25, -0.2) is 4.79 Å². The van der Waals surface area contributed by atoms with Gasteiger partial charge in [0.05, 0.1) is 5.52 Å². The number of hydrogen-bond acceptors (Lipinski definition) is 4. The van der Waals surface area contributed by atoms with Gasteiger partial charge in [0.1, 0.15) is 0 Å². The van der Waals surface area contributed by atoms with Crippen molar-refractivity contribution in [3.05, 3.63) is 64.1 Å². The van der Waals surface area contributed by atoms with Crippen molar-refractivity contribution in [3.63, 3.8) is 0 Å². The third kappa shape index (κ3) is 3.52. The molecule has 2 amide bonds. The van der Waals surface area contributed by atoms with Gasteiger partial charge in [0.15, 0.2) is 5.58 Å². The molecule has 2 aromatic carbocycles. The topological polar surface area (TPSA) is 118 Å². The fraction of sp³-hybridized carbons (Fsp3) is 0.118. The summed E-state index contributed by atoms with van der Waals surface area (Å²) in [6.07, 6.45) is 0.805. The number of benzene rings is 2. The third-order valence-corrected chi connectivity index (χ3v) is 3.58. The maximum Gasteiger partial charge on any atom is 0.417 e. The minimum atomic E-state index is -0.513. The minimum absolute atomic E-state index is 0.150. The molecule has 3 rings (SSSR count). The second kappa shape index (κ2) is 6.41. The SMILES string of the molecule is NC(=O)c1ccc(NC(=O)CCc2ccc3oc(=O)[nH]c3c2)cc1. The molecule has 1 heterocycles. The van der Waals surface area contributed by atoms with Gasteiger partial charge in [-0.2, -0.15) is 0 Å². The molecule has 0 radical (unpaired) electrons. The van der Waals surface area contributed by atoms with E-state index in [9.17, 15) is 14.4 Å². The second-order valence-corrected chi connectivity index (χ2v) is 5.33. The molecule has 0 atom stereocenters. The van der Waals surface area contributed by atoms with E-state index in [-0.39, 0.29) is 12.3 Å². The highest BCUT2D eigenvalue weighted by atomic mass is 16.4. The number of amides is 2. The molecular weight excluding hydrogens is 310 g/mol. The summed E-state index contributed by atoms with van der Waals surface area (Å²) >= 11 is 0. The number of H-pyrrole nitrogens is 1. The van der Waals surface area contributed by atoms with E-state index >= 15 is 0 Å². The Hall–Kier alpha value is -3.35. The van der Waals surface area contributed by atoms with Gasteiger partial charge in [0, 0.05) is 17.7 Å². The molecule has 24 heavy (non-hydrogen) atoms. The van der Waals surface area contributed by atoms with E-state index in [0.717, 1.165) is 5.56 Å². The van der Waals surface area contributed by atoms with Gasteiger partial charge in [0.25, 0.3) is 0 Å². The summed E-state index contributed by atoms with van der Waals surface area (Å²) in [5, 5.41) is 2.75. The number of carbonyl (C=O) groups is 2. The first kappa shape index (κ1) is 15.5. The second-order valence-electron chi connectivity index (χ2n) is 5.33. The zero-order chi connectivity index (χ0) is 17.1. The first-order valence-corrected chi connectivity index (χ1v) is 7.33. The van der Waals surface area contributed by atoms with Crippen LogP contribution in [0.1, 0.15) is 22.3 Å². The van der Waals surface area contributed by atoms with E-state index in [1.807, 2.05) is 6.07 Å². The zero-order valence-corrected chi connectivity index (χ0v) is 12.7. The molecule has 3 aromatic rings. The smallest absolute Gasteiger partial charge is 0.408 e. The number of carbonyl (C=O) groups excluding carboxylic acids is 2. The third-order valence-electron chi connectivity index (χ3n) is 3.58. The summed E-state index contributed by atoms with van der Waals surface area (Å²) in [6, 6.07) is 11.7. The molecule has 7 heteroatoms. The molecule has 122 valence electrons. The van der Waals surface area contributed by atoms with Crippen LogP contribution in [0.25, 0.3) is 11.1 Å². The maximum atomic E-state index is 12.0. The molecule has 0 bridgehead atoms. The number of nitrogens with two attached hydrogens (primary N) is 1. The predicted octanol–water partition coefficient (Wildman–Crippen LogP) is 1.79. The van der Waals surface area contributed by atoms with Crippen molar-refractivity contribution in [1.29, 1.82) is 0 Å². The van der Waals surface area contributed by atoms with Crippen LogP contribution in [0, 0.1) is 0 Å². The van der Waals surface area contributed by atoms with Crippen molar-refractivity contribution in [2.24, 2.45) is 5.73 Å². The van der Waals surface area contributed by atoms with Crippen LogP contribution in [0.3, 0.4) is 0 Å². The van der Waals surface area contributed by atoms with Crippen LogP contribution in [-0.2, 0) is 11.2 Å². The number of aryl methyl sites for hydroxylation is 1. The Morgan fingerprint density at radius 2 is 1.88 bits per heavy atom. The number of aromatic nitrogens is 1. The maximum absolute atomic E-state index is 12.0. The Labute approximate surface area is 136 Å². The van der Waals surface area contributed by atoms with E-state index < -0.39 is 11.7 Å². The Bertz CT molecular complexity index is 954. The molecule has 7 nitrogen and oxygen atoms in total. The molecular formula is C17H15N3O4. The van der Waals surface area contributed by atoms with Gasteiger partial charge in [-0.3, -0.25) is 14.6 Å². The summed E-state index contributed by atoms with van der Waals surface area (Å²) in [6.45, 7) is 0. The van der Waals surface area contributed by atoms with Crippen molar-refractivity contribution in [2.75, 3.05) is 5.32 Å². The average Bonchev–Trinajstić information content (AvgIpc) is 2.92. The first-order chi connectivity index (χ1) is 11.5. The Morgan fingerprint density at radius 3 is 2.58 bits per heavy atom. The molecule has 1 aromatic heterocycles. The van der Waals surface area contributed by atoms with Crippen LogP contribution in [0.4, 0.5) is 5.69 Å². The number of oxazole rings is 1. The van der Waals surface area contributed by atoms with Gasteiger partial charge in [-0.05, 0) is 48.4 Å². The first-order valence-electron chi connectivity index (χ1n) is 7.33. The Balaban J connectivity index is 1.59. The van der Waals surface area contributed by atoms with Crippen molar-refractivity contribution >= 4 is 28.6 Å². The summed E-state index contributed by atoms with van der Waals surface area (Å²) < 4.78 is 4.93. The van der Waals surface area contributed by atoms with Gasteiger partial charge in [-0.15, -0.1) is 0 Å². The lowest BCUT2D eigenvalue weighted by atomic mass is 10.1. The summed E-state index contributed by atoms with van der Waals surface area (Å²) in [4.78, 5) is 36.7. The van der Waals surface area contributed by atoms with Crippen LogP contribution in [0.15, 0.2) is 51.7 Å². The lowest BCUT2D eigenvalue weighted by Gasteiger charge is -2.06. The van der Waals surface area contributed by atoms with E-state index in [0.29, 0.717) is 28.8 Å². The molecule has 0 saturated heterocycles. The quantitative estimate of drug-likeness (QED) is 0.662. The number of aromatic amines is 1. The highest BCUT2D eigenvalue weighted by molar-refractivity contribution is 5.94. The van der Waals surface area contributed by atoms with Crippen molar-refractivity contribution in [2.45, 2.75) is 12.8 Å². The monoisotopic (exact) mass is 325 g/mol. The van der Waals surface area contributed by atoms with Gasteiger partial charge < -0.3 is 15.5 Å². The van der Waals surface area contributed by atoms with Crippen molar-refractivity contribution < 1.29 is 14.0 Å². The van der Waals surface area contributed by atoms with Crippen LogP contribution < -0.4 is 16.8 Å². The fourth-order valence-electron chi connectivity index (χ4n) is 2.35. The minimum Gasteiger partial charge on any atom is -0.408 e. The molecule has 4 N–H and O–H groups in total. The summed E-state index contributed by atoms with van der Waals surface area (Å²) in [5.41, 5.74) is 8.16. The average molecular weight is 325 g/mol. The molecule has 0 fully saturated rings. The normalized spacial score (nSPS) is 10.7. The predicted molar refractivity (Wildman–Crippen MR) is 88.7 cm³/mol. The van der Waals surface area contributed by atoms with Crippen molar-refractivity contribution in [3.8, 4) is 0 Å². The highest BCUT2D eigenvalue weighted by Crippen LogP contribution is 2.14. The number of fused-ring (bicyclic) bond motifs is 1. The Kier molecular flexibility index (Phi) is 4.15. The molecule has 0 saturated carbocycles. The van der Waals surface area contributed by atoms with E-state index in [1.54, 1.807) is 36.4 Å². The number of nitrogens with one attached hydrogen (secondary N) is 2. The van der Waals surface area contributed by atoms with Gasteiger partial charge >= 0.3 is 5.76 Å². The zero-order valence-electron chi connectivity index (χ0n) is 12.7. The van der Waals surface area contributed by atoms with Crippen LogP contribution in [0.2, 0.25) is 0 Å². The fourth-order valence-corrected chi connectivity index (χ4v) is 2.35. The van der Waals surface area contributed by atoms with Gasteiger partial charge in [-0.1, -0.05) is 6.07 Å². The molecule has 0 aliphatic carbocycles. The number of anilines is 1. The lowest BCUT2D eigenvalue weighted by molar-refractivity contribution is -0.116. The van der Waals surface area contributed by atoms with E-state index in [1.165, 1.54) is 0 Å². The van der Waals surface area contributed by atoms with Crippen LogP contribution >= 0.6 is 0 Å². The molecule has 0 aliphatic heterocycles. The largest absolute Gasteiger partial charge is 0.417 e. The standard InChI is InChI=1S/C17H15N3O4/c18-16(22)11-3-5-12(6-4-11)19-15(21)8-2-10-1-7-14-13(9-10)20-17(23)24-14/h1,3-7,9H,2,8H2,(H2,18,22)(H,19,21)(H,20,23). The summed E-state index contributed by atoms with van der Waals surface area (Å²) in [5.74, 6) is -1.16. The molecule has 0 unspecified atom stereocenters. The molecule has 0 spiro atoms. The van der Waals surface area contributed by atoms with Crippen LogP contribution in [-0.4, -0.2) is 16.8 Å². The number of rotatable bonds is 5. The molecule has 0 aliphatic rings. The van der Waals surface area contributed by atoms with Crippen molar-refractivity contribution in [1.82, 2.24) is 4.98 Å². The van der Waals surface area contributed by atoms with E-state index in [2.05, 4.69) is 10.3 Å². The van der Waals surface area contributed by atoms with Crippen LogP contribution in [0.5, 0.6) is 0 Å². The number of hydrogen-bond donors (Lipinski definition) is 3. The number of primary amides is 1. The van der Waals surface area contributed by atoms with E-state index in [4.69, 9.17) is 10.2 Å². The summed E-state index contributed by atoms with van der Waals surface area (Å²) in [7, 11) is 0. The van der Waals surface area contributed by atoms with Gasteiger partial charge in [0.2, 0.25) is 11.8 Å². The highest BCUT2D eigenvalue weighted by Gasteiger charge is 2.07. The lowest BCUT2D eigenvalue weighted by Crippen LogP contribution is -2.13.